The SMILES string of the molecule is CCOC[C@@H](C)Nc1ccc(C)c(S(C)(=O)=O)c1. The van der Waals surface area contributed by atoms with Crippen molar-refractivity contribution in [1.29, 1.82) is 0 Å². The maximum atomic E-state index is 11.6. The topological polar surface area (TPSA) is 55.4 Å². The first-order valence-corrected chi connectivity index (χ1v) is 7.88. The number of aryl methyl sites for hydroxylation is 1. The Morgan fingerprint density at radius 1 is 1.39 bits per heavy atom. The van der Waals surface area contributed by atoms with Crippen molar-refractivity contribution in [1.82, 2.24) is 0 Å². The molecule has 0 radical (unpaired) electrons. The molecule has 0 aliphatic carbocycles. The van der Waals surface area contributed by atoms with E-state index in [1.807, 2.05) is 26.0 Å². The van der Waals surface area contributed by atoms with E-state index < -0.39 is 9.84 Å². The van der Waals surface area contributed by atoms with Gasteiger partial charge in [-0.2, -0.15) is 0 Å². The van der Waals surface area contributed by atoms with Gasteiger partial charge in [0.15, 0.2) is 9.84 Å². The summed E-state index contributed by atoms with van der Waals surface area (Å²) < 4.78 is 28.5. The van der Waals surface area contributed by atoms with Gasteiger partial charge in [0.05, 0.1) is 11.5 Å². The number of hydrogen-bond acceptors (Lipinski definition) is 4. The van der Waals surface area contributed by atoms with Gasteiger partial charge < -0.3 is 10.1 Å². The lowest BCUT2D eigenvalue weighted by molar-refractivity contribution is 0.141. The second-order valence-electron chi connectivity index (χ2n) is 4.46. The molecule has 0 bridgehead atoms. The standard InChI is InChI=1S/C13H21NO3S/c1-5-17-9-11(3)14-12-7-6-10(2)13(8-12)18(4,15)16/h6-8,11,14H,5,9H2,1-4H3/t11-/m1/s1. The fourth-order valence-electron chi connectivity index (χ4n) is 1.71. The Hall–Kier alpha value is -1.07. The Morgan fingerprint density at radius 2 is 2.06 bits per heavy atom. The molecule has 0 saturated carbocycles. The summed E-state index contributed by atoms with van der Waals surface area (Å²) in [5, 5.41) is 3.23. The van der Waals surface area contributed by atoms with Crippen molar-refractivity contribution >= 4 is 15.5 Å². The largest absolute Gasteiger partial charge is 0.380 e. The van der Waals surface area contributed by atoms with Crippen LogP contribution < -0.4 is 5.32 Å². The average molecular weight is 271 g/mol. The second kappa shape index (κ2) is 6.20. The van der Waals surface area contributed by atoms with Crippen LogP contribution in [0.25, 0.3) is 0 Å². The van der Waals surface area contributed by atoms with Crippen LogP contribution in [0.5, 0.6) is 0 Å². The minimum Gasteiger partial charge on any atom is -0.380 e. The summed E-state index contributed by atoms with van der Waals surface area (Å²) in [7, 11) is -3.18. The molecule has 0 aliphatic heterocycles. The van der Waals surface area contributed by atoms with Crippen LogP contribution in [0.15, 0.2) is 23.1 Å². The lowest BCUT2D eigenvalue weighted by Crippen LogP contribution is -2.21. The third kappa shape index (κ3) is 4.31. The highest BCUT2D eigenvalue weighted by molar-refractivity contribution is 7.90. The molecule has 1 N–H and O–H groups in total. The molecule has 0 spiro atoms. The smallest absolute Gasteiger partial charge is 0.175 e. The van der Waals surface area contributed by atoms with E-state index in [2.05, 4.69) is 5.32 Å². The highest BCUT2D eigenvalue weighted by Gasteiger charge is 2.12. The van der Waals surface area contributed by atoms with E-state index in [1.54, 1.807) is 13.0 Å². The molecule has 0 unspecified atom stereocenters. The highest BCUT2D eigenvalue weighted by Crippen LogP contribution is 2.20. The first-order chi connectivity index (χ1) is 8.34. The Labute approximate surface area is 109 Å². The van der Waals surface area contributed by atoms with Crippen LogP contribution in [0.4, 0.5) is 5.69 Å². The number of sulfone groups is 1. The van der Waals surface area contributed by atoms with Crippen LogP contribution in [0.3, 0.4) is 0 Å². The molecule has 102 valence electrons. The number of rotatable bonds is 6. The zero-order chi connectivity index (χ0) is 13.8. The summed E-state index contributed by atoms with van der Waals surface area (Å²) in [4.78, 5) is 0.371. The van der Waals surface area contributed by atoms with E-state index in [0.717, 1.165) is 11.3 Å². The van der Waals surface area contributed by atoms with E-state index in [0.29, 0.717) is 18.1 Å². The normalized spacial score (nSPS) is 13.3. The Kier molecular flexibility index (Phi) is 5.16. The number of anilines is 1. The van der Waals surface area contributed by atoms with Crippen LogP contribution in [-0.2, 0) is 14.6 Å². The van der Waals surface area contributed by atoms with E-state index in [1.165, 1.54) is 6.26 Å². The summed E-state index contributed by atoms with van der Waals surface area (Å²) in [6.07, 6.45) is 1.22. The van der Waals surface area contributed by atoms with Gasteiger partial charge in [-0.15, -0.1) is 0 Å². The lowest BCUT2D eigenvalue weighted by Gasteiger charge is -2.16. The van der Waals surface area contributed by atoms with Crippen molar-refractivity contribution in [3.05, 3.63) is 23.8 Å². The van der Waals surface area contributed by atoms with E-state index in [-0.39, 0.29) is 6.04 Å². The number of ether oxygens (including phenoxy) is 1. The third-order valence-corrected chi connectivity index (χ3v) is 3.81. The van der Waals surface area contributed by atoms with Crippen molar-refractivity contribution in [2.24, 2.45) is 0 Å². The minimum atomic E-state index is -3.18. The van der Waals surface area contributed by atoms with Gasteiger partial charge in [-0.25, -0.2) is 8.42 Å². The predicted molar refractivity (Wildman–Crippen MR) is 73.9 cm³/mol. The Morgan fingerprint density at radius 3 is 2.61 bits per heavy atom. The molecular weight excluding hydrogens is 250 g/mol. The van der Waals surface area contributed by atoms with Gasteiger partial charge in [-0.05, 0) is 38.5 Å². The van der Waals surface area contributed by atoms with Crippen molar-refractivity contribution in [3.63, 3.8) is 0 Å². The van der Waals surface area contributed by atoms with Gasteiger partial charge >= 0.3 is 0 Å². The zero-order valence-corrected chi connectivity index (χ0v) is 12.2. The monoisotopic (exact) mass is 271 g/mol. The first kappa shape index (κ1) is 15.0. The fraction of sp³-hybridized carbons (Fsp3) is 0.538. The molecule has 4 nitrogen and oxygen atoms in total. The summed E-state index contributed by atoms with van der Waals surface area (Å²) in [5.74, 6) is 0. The number of hydrogen-bond donors (Lipinski definition) is 1. The second-order valence-corrected chi connectivity index (χ2v) is 6.44. The van der Waals surface area contributed by atoms with Crippen molar-refractivity contribution < 1.29 is 13.2 Å². The molecule has 1 rings (SSSR count). The Bertz CT molecular complexity index is 497. The van der Waals surface area contributed by atoms with Crippen LogP contribution >= 0.6 is 0 Å². The van der Waals surface area contributed by atoms with Gasteiger partial charge in [0.1, 0.15) is 0 Å². The molecular formula is C13H21NO3S. The van der Waals surface area contributed by atoms with E-state index in [9.17, 15) is 8.42 Å². The zero-order valence-electron chi connectivity index (χ0n) is 11.4. The average Bonchev–Trinajstić information content (AvgIpc) is 2.27. The third-order valence-electron chi connectivity index (χ3n) is 2.57. The van der Waals surface area contributed by atoms with Crippen molar-refractivity contribution in [3.8, 4) is 0 Å². The quantitative estimate of drug-likeness (QED) is 0.862. The fourth-order valence-corrected chi connectivity index (χ4v) is 2.70. The maximum absolute atomic E-state index is 11.6. The van der Waals surface area contributed by atoms with Gasteiger partial charge in [0.2, 0.25) is 0 Å². The molecule has 1 aromatic carbocycles. The predicted octanol–water partition coefficient (Wildman–Crippen LogP) is 2.24. The molecule has 0 heterocycles. The molecule has 0 aromatic heterocycles. The van der Waals surface area contributed by atoms with Crippen LogP contribution in [0.2, 0.25) is 0 Å². The molecule has 0 aliphatic rings. The first-order valence-electron chi connectivity index (χ1n) is 5.99. The summed E-state index contributed by atoms with van der Waals surface area (Å²) >= 11 is 0. The van der Waals surface area contributed by atoms with Crippen LogP contribution in [0, 0.1) is 6.92 Å². The minimum absolute atomic E-state index is 0.139. The Balaban J connectivity index is 2.86. The summed E-state index contributed by atoms with van der Waals surface area (Å²) in [6.45, 7) is 7.01. The molecule has 0 amide bonds. The summed E-state index contributed by atoms with van der Waals surface area (Å²) in [6, 6.07) is 5.51. The van der Waals surface area contributed by atoms with Gasteiger partial charge in [-0.3, -0.25) is 0 Å². The van der Waals surface area contributed by atoms with Gasteiger partial charge in [0, 0.05) is 24.6 Å². The summed E-state index contributed by atoms with van der Waals surface area (Å²) in [5.41, 5.74) is 1.56. The van der Waals surface area contributed by atoms with Crippen molar-refractivity contribution in [2.45, 2.75) is 31.7 Å². The molecule has 18 heavy (non-hydrogen) atoms. The van der Waals surface area contributed by atoms with Gasteiger partial charge in [0.25, 0.3) is 0 Å². The molecule has 1 atom stereocenters. The van der Waals surface area contributed by atoms with E-state index in [4.69, 9.17) is 4.74 Å². The number of benzene rings is 1. The van der Waals surface area contributed by atoms with E-state index >= 15 is 0 Å². The molecule has 5 heteroatoms. The van der Waals surface area contributed by atoms with Crippen LogP contribution in [0.1, 0.15) is 19.4 Å². The van der Waals surface area contributed by atoms with Gasteiger partial charge in [-0.1, -0.05) is 6.07 Å². The maximum Gasteiger partial charge on any atom is 0.175 e. The highest BCUT2D eigenvalue weighted by atomic mass is 32.2. The van der Waals surface area contributed by atoms with Crippen molar-refractivity contribution in [2.75, 3.05) is 24.8 Å². The van der Waals surface area contributed by atoms with Crippen LogP contribution in [-0.4, -0.2) is 33.9 Å². The lowest BCUT2D eigenvalue weighted by atomic mass is 10.2. The molecule has 0 saturated heterocycles. The molecule has 1 aromatic rings. The molecule has 0 fully saturated rings. The number of nitrogens with one attached hydrogen (secondary N) is 1.